The number of nitrogens with one attached hydrogen (secondary N) is 1. The number of amides is 1. The van der Waals surface area contributed by atoms with E-state index in [1.54, 1.807) is 6.07 Å². The molecule has 20 heavy (non-hydrogen) atoms. The van der Waals surface area contributed by atoms with Gasteiger partial charge in [0.05, 0.1) is 12.1 Å². The lowest BCUT2D eigenvalue weighted by Crippen LogP contribution is -2.23. The summed E-state index contributed by atoms with van der Waals surface area (Å²) in [5.74, 6) is 1.21. The smallest absolute Gasteiger partial charge is 0.253 e. The molecule has 0 radical (unpaired) electrons. The molecule has 100 valence electrons. The van der Waals surface area contributed by atoms with Crippen LogP contribution in [0.3, 0.4) is 0 Å². The van der Waals surface area contributed by atoms with E-state index in [2.05, 4.69) is 20.4 Å². The second kappa shape index (κ2) is 5.09. The Kier molecular flexibility index (Phi) is 3.13. The molecule has 1 fully saturated rings. The summed E-state index contributed by atoms with van der Waals surface area (Å²) in [6, 6.07) is 4.94. The largest absolute Gasteiger partial charge is 0.345 e. The molecule has 3 rings (SSSR count). The van der Waals surface area contributed by atoms with Crippen LogP contribution in [0, 0.1) is 11.3 Å². The van der Waals surface area contributed by atoms with Gasteiger partial charge in [-0.25, -0.2) is 4.98 Å². The van der Waals surface area contributed by atoms with E-state index in [0.717, 1.165) is 12.8 Å². The maximum absolute atomic E-state index is 11.9. The van der Waals surface area contributed by atoms with E-state index in [1.165, 1.54) is 12.3 Å². The SMILES string of the molecule is N#Cc1ccc(C(=O)NCc2noc(C3CC3)n2)cn1. The third-order valence-corrected chi connectivity index (χ3v) is 2.96. The van der Waals surface area contributed by atoms with Gasteiger partial charge in [-0.2, -0.15) is 10.2 Å². The van der Waals surface area contributed by atoms with Crippen molar-refractivity contribution in [2.24, 2.45) is 0 Å². The zero-order valence-electron chi connectivity index (χ0n) is 10.5. The topological polar surface area (TPSA) is 105 Å². The van der Waals surface area contributed by atoms with E-state index >= 15 is 0 Å². The molecule has 0 saturated heterocycles. The molecule has 1 aliphatic carbocycles. The van der Waals surface area contributed by atoms with Crippen LogP contribution in [0.1, 0.15) is 46.5 Å². The summed E-state index contributed by atoms with van der Waals surface area (Å²) in [6.07, 6.45) is 3.54. The molecule has 0 bridgehead atoms. The first-order valence-electron chi connectivity index (χ1n) is 6.23. The van der Waals surface area contributed by atoms with E-state index in [4.69, 9.17) is 9.78 Å². The van der Waals surface area contributed by atoms with Gasteiger partial charge in [-0.1, -0.05) is 5.16 Å². The Bertz CT molecular complexity index is 667. The van der Waals surface area contributed by atoms with Crippen molar-refractivity contribution in [2.75, 3.05) is 0 Å². The summed E-state index contributed by atoms with van der Waals surface area (Å²) >= 11 is 0. The van der Waals surface area contributed by atoms with Crippen LogP contribution in [0.15, 0.2) is 22.9 Å². The molecule has 0 aromatic carbocycles. The summed E-state index contributed by atoms with van der Waals surface area (Å²) in [6.45, 7) is 0.203. The third kappa shape index (κ3) is 2.64. The second-order valence-electron chi connectivity index (χ2n) is 4.55. The van der Waals surface area contributed by atoms with Crippen LogP contribution in [-0.2, 0) is 6.54 Å². The molecule has 7 nitrogen and oxygen atoms in total. The highest BCUT2D eigenvalue weighted by molar-refractivity contribution is 5.93. The van der Waals surface area contributed by atoms with Crippen LogP contribution in [0.5, 0.6) is 0 Å². The molecule has 2 aromatic heterocycles. The fourth-order valence-electron chi connectivity index (χ4n) is 1.69. The van der Waals surface area contributed by atoms with Gasteiger partial charge >= 0.3 is 0 Å². The highest BCUT2D eigenvalue weighted by atomic mass is 16.5. The molecule has 2 aromatic rings. The van der Waals surface area contributed by atoms with Crippen molar-refractivity contribution in [3.63, 3.8) is 0 Å². The van der Waals surface area contributed by atoms with E-state index < -0.39 is 0 Å². The van der Waals surface area contributed by atoms with Crippen molar-refractivity contribution < 1.29 is 9.32 Å². The van der Waals surface area contributed by atoms with Crippen molar-refractivity contribution in [1.29, 1.82) is 5.26 Å². The van der Waals surface area contributed by atoms with E-state index in [0.29, 0.717) is 23.2 Å². The van der Waals surface area contributed by atoms with Crippen LogP contribution in [-0.4, -0.2) is 21.0 Å². The Morgan fingerprint density at radius 1 is 1.50 bits per heavy atom. The number of rotatable bonds is 4. The fourth-order valence-corrected chi connectivity index (χ4v) is 1.69. The van der Waals surface area contributed by atoms with Crippen LogP contribution in [0.2, 0.25) is 0 Å². The molecule has 1 saturated carbocycles. The molecule has 1 aliphatic rings. The predicted molar refractivity (Wildman–Crippen MR) is 66.4 cm³/mol. The number of nitriles is 1. The Hall–Kier alpha value is -2.75. The van der Waals surface area contributed by atoms with Crippen LogP contribution >= 0.6 is 0 Å². The Balaban J connectivity index is 1.58. The molecule has 0 atom stereocenters. The minimum Gasteiger partial charge on any atom is -0.345 e. The van der Waals surface area contributed by atoms with Crippen molar-refractivity contribution >= 4 is 5.91 Å². The predicted octanol–water partition coefficient (Wildman–Crippen LogP) is 1.14. The van der Waals surface area contributed by atoms with Gasteiger partial charge in [-0.3, -0.25) is 4.79 Å². The van der Waals surface area contributed by atoms with Crippen molar-refractivity contribution in [3.05, 3.63) is 41.3 Å². The molecule has 0 unspecified atom stereocenters. The van der Waals surface area contributed by atoms with E-state index in [1.807, 2.05) is 6.07 Å². The first-order chi connectivity index (χ1) is 9.76. The van der Waals surface area contributed by atoms with Gasteiger partial charge in [0.2, 0.25) is 5.89 Å². The first kappa shape index (κ1) is 12.3. The minimum absolute atomic E-state index is 0.203. The Morgan fingerprint density at radius 3 is 3.00 bits per heavy atom. The molecule has 2 heterocycles. The maximum atomic E-state index is 11.9. The number of aromatic nitrogens is 3. The summed E-state index contributed by atoms with van der Waals surface area (Å²) in [4.78, 5) is 19.9. The molecule has 0 spiro atoms. The number of pyridine rings is 1. The fraction of sp³-hybridized carbons (Fsp3) is 0.308. The van der Waals surface area contributed by atoms with Crippen LogP contribution in [0.4, 0.5) is 0 Å². The average Bonchev–Trinajstić information content (AvgIpc) is 3.24. The lowest BCUT2D eigenvalue weighted by Gasteiger charge is -2.01. The number of hydrogen-bond acceptors (Lipinski definition) is 6. The highest BCUT2D eigenvalue weighted by Gasteiger charge is 2.29. The van der Waals surface area contributed by atoms with Gasteiger partial charge in [0.25, 0.3) is 5.91 Å². The molecule has 1 N–H and O–H groups in total. The van der Waals surface area contributed by atoms with E-state index in [9.17, 15) is 4.79 Å². The summed E-state index contributed by atoms with van der Waals surface area (Å²) in [7, 11) is 0. The first-order valence-corrected chi connectivity index (χ1v) is 6.23. The Morgan fingerprint density at radius 2 is 2.35 bits per heavy atom. The summed E-state index contributed by atoms with van der Waals surface area (Å²) in [5.41, 5.74) is 0.656. The number of carbonyl (C=O) groups excluding carboxylic acids is 1. The monoisotopic (exact) mass is 269 g/mol. The van der Waals surface area contributed by atoms with Gasteiger partial charge in [0.1, 0.15) is 11.8 Å². The second-order valence-corrected chi connectivity index (χ2v) is 4.55. The number of carbonyl (C=O) groups is 1. The number of hydrogen-bond donors (Lipinski definition) is 1. The lowest BCUT2D eigenvalue weighted by atomic mass is 10.2. The lowest BCUT2D eigenvalue weighted by molar-refractivity contribution is 0.0949. The standard InChI is InChI=1S/C13H11N5O2/c14-5-10-4-3-9(6-15-10)12(19)16-7-11-17-13(20-18-11)8-1-2-8/h3-4,6,8H,1-2,7H2,(H,16,19). The summed E-state index contributed by atoms with van der Waals surface area (Å²) in [5, 5.41) is 15.1. The maximum Gasteiger partial charge on any atom is 0.253 e. The highest BCUT2D eigenvalue weighted by Crippen LogP contribution is 2.38. The van der Waals surface area contributed by atoms with Gasteiger partial charge < -0.3 is 9.84 Å². The molecule has 7 heteroatoms. The summed E-state index contributed by atoms with van der Waals surface area (Å²) < 4.78 is 5.10. The third-order valence-electron chi connectivity index (χ3n) is 2.96. The molecule has 1 amide bonds. The van der Waals surface area contributed by atoms with Gasteiger partial charge in [-0.05, 0) is 25.0 Å². The number of nitrogens with zero attached hydrogens (tertiary/aromatic N) is 4. The van der Waals surface area contributed by atoms with Crippen molar-refractivity contribution in [2.45, 2.75) is 25.3 Å². The molecular weight excluding hydrogens is 258 g/mol. The van der Waals surface area contributed by atoms with Gasteiger partial charge in [0.15, 0.2) is 5.82 Å². The van der Waals surface area contributed by atoms with Gasteiger partial charge in [0, 0.05) is 12.1 Å². The molecule has 0 aliphatic heterocycles. The zero-order chi connectivity index (χ0) is 13.9. The Labute approximate surface area is 114 Å². The normalized spacial score (nSPS) is 13.8. The van der Waals surface area contributed by atoms with Gasteiger partial charge in [-0.15, -0.1) is 0 Å². The zero-order valence-corrected chi connectivity index (χ0v) is 10.5. The van der Waals surface area contributed by atoms with Crippen LogP contribution < -0.4 is 5.32 Å². The minimum atomic E-state index is -0.292. The average molecular weight is 269 g/mol. The molecular formula is C13H11N5O2. The van der Waals surface area contributed by atoms with E-state index in [-0.39, 0.29) is 18.1 Å². The quantitative estimate of drug-likeness (QED) is 0.892. The van der Waals surface area contributed by atoms with Crippen molar-refractivity contribution in [1.82, 2.24) is 20.4 Å². The van der Waals surface area contributed by atoms with Crippen molar-refractivity contribution in [3.8, 4) is 6.07 Å². The van der Waals surface area contributed by atoms with Crippen LogP contribution in [0.25, 0.3) is 0 Å².